The van der Waals surface area contributed by atoms with Gasteiger partial charge in [0.1, 0.15) is 5.60 Å². The molecule has 5 rings (SSSR count). The quantitative estimate of drug-likeness (QED) is 0.772. The lowest BCUT2D eigenvalue weighted by Crippen LogP contribution is -2.55. The predicted molar refractivity (Wildman–Crippen MR) is 114 cm³/mol. The number of aliphatic hydroxyl groups is 1. The molecule has 3 heterocycles. The van der Waals surface area contributed by atoms with Crippen LogP contribution in [0.25, 0.3) is 0 Å². The van der Waals surface area contributed by atoms with E-state index in [1.54, 1.807) is 4.88 Å². The third-order valence-corrected chi connectivity index (χ3v) is 9.01. The maximum Gasteiger partial charge on any atom is 0.252 e. The van der Waals surface area contributed by atoms with Crippen LogP contribution < -0.4 is 5.32 Å². The summed E-state index contributed by atoms with van der Waals surface area (Å²) in [5.41, 5.74) is 0.379. The van der Waals surface area contributed by atoms with Crippen molar-refractivity contribution in [2.24, 2.45) is 5.92 Å². The van der Waals surface area contributed by atoms with Crippen molar-refractivity contribution in [3.05, 3.63) is 21.4 Å². The molecule has 2 saturated carbocycles. The average Bonchev–Trinajstić information content (AvgIpc) is 3.27. The number of carbonyl (C=O) groups is 1. The first kappa shape index (κ1) is 20.0. The molecule has 2 aliphatic carbocycles. The SMILES string of the molecule is CCc1cc2c(s1)CCO[C@@]21CCN(CC2CC(NC(=O)C3(O)CC3)C2)[C@@H](C)C1. The highest BCUT2D eigenvalue weighted by Crippen LogP contribution is 2.46. The summed E-state index contributed by atoms with van der Waals surface area (Å²) in [5, 5.41) is 12.9. The summed E-state index contributed by atoms with van der Waals surface area (Å²) < 4.78 is 6.46. The number of nitrogens with zero attached hydrogens (tertiary/aromatic N) is 1. The molecule has 2 N–H and O–H groups in total. The lowest BCUT2D eigenvalue weighted by Gasteiger charge is -2.49. The largest absolute Gasteiger partial charge is 0.380 e. The van der Waals surface area contributed by atoms with Crippen LogP contribution in [0.15, 0.2) is 6.07 Å². The van der Waals surface area contributed by atoms with Crippen LogP contribution in [0.4, 0.5) is 0 Å². The van der Waals surface area contributed by atoms with Crippen molar-refractivity contribution in [2.75, 3.05) is 19.7 Å². The van der Waals surface area contributed by atoms with Crippen LogP contribution in [0.2, 0.25) is 0 Å². The highest BCUT2D eigenvalue weighted by atomic mass is 32.1. The second-order valence-electron chi connectivity index (χ2n) is 9.83. The molecule has 160 valence electrons. The summed E-state index contributed by atoms with van der Waals surface area (Å²) in [4.78, 5) is 17.7. The highest BCUT2D eigenvalue weighted by Gasteiger charge is 2.50. The molecule has 6 heteroatoms. The number of aryl methyl sites for hydroxylation is 1. The molecule has 0 aromatic carbocycles. The van der Waals surface area contributed by atoms with Gasteiger partial charge in [0.15, 0.2) is 0 Å². The molecule has 3 fully saturated rings. The predicted octanol–water partition coefficient (Wildman–Crippen LogP) is 2.98. The molecule has 1 spiro atoms. The van der Waals surface area contributed by atoms with Crippen molar-refractivity contribution in [1.82, 2.24) is 10.2 Å². The van der Waals surface area contributed by atoms with Crippen molar-refractivity contribution in [1.29, 1.82) is 0 Å². The van der Waals surface area contributed by atoms with Gasteiger partial charge >= 0.3 is 0 Å². The van der Waals surface area contributed by atoms with E-state index in [-0.39, 0.29) is 17.6 Å². The summed E-state index contributed by atoms with van der Waals surface area (Å²) in [6, 6.07) is 3.20. The number of hydrogen-bond acceptors (Lipinski definition) is 5. The van der Waals surface area contributed by atoms with Crippen LogP contribution in [0.3, 0.4) is 0 Å². The molecule has 29 heavy (non-hydrogen) atoms. The first-order chi connectivity index (χ1) is 13.9. The summed E-state index contributed by atoms with van der Waals surface area (Å²) >= 11 is 1.99. The molecule has 2 atom stereocenters. The fourth-order valence-electron chi connectivity index (χ4n) is 5.55. The van der Waals surface area contributed by atoms with Crippen LogP contribution in [0, 0.1) is 5.92 Å². The van der Waals surface area contributed by atoms with E-state index in [9.17, 15) is 9.90 Å². The van der Waals surface area contributed by atoms with E-state index in [2.05, 4.69) is 30.1 Å². The molecule has 1 amide bonds. The standard InChI is InChI=1S/C23H34N2O3S/c1-3-18-12-19-20(29-18)4-9-28-23(19)7-8-25(15(2)13-23)14-16-10-17(11-16)24-21(26)22(27)5-6-22/h12,15-17,27H,3-11,13-14H2,1-2H3,(H,24,26)/t15-,16?,17?,23+/m0/s1. The van der Waals surface area contributed by atoms with Crippen LogP contribution >= 0.6 is 11.3 Å². The van der Waals surface area contributed by atoms with E-state index in [1.807, 2.05) is 11.3 Å². The number of thiophene rings is 1. The Hall–Kier alpha value is -0.950. The normalized spacial score (nSPS) is 35.8. The fourth-order valence-corrected chi connectivity index (χ4v) is 6.72. The number of ether oxygens (including phenoxy) is 1. The van der Waals surface area contributed by atoms with Crippen LogP contribution in [0.1, 0.15) is 67.7 Å². The fraction of sp³-hybridized carbons (Fsp3) is 0.783. The number of hydrogen-bond donors (Lipinski definition) is 2. The Morgan fingerprint density at radius 3 is 2.86 bits per heavy atom. The molecule has 1 aromatic heterocycles. The number of piperidine rings is 1. The van der Waals surface area contributed by atoms with Gasteiger partial charge in [0, 0.05) is 41.3 Å². The Labute approximate surface area is 177 Å². The minimum atomic E-state index is -1.04. The molecule has 1 saturated heterocycles. The summed E-state index contributed by atoms with van der Waals surface area (Å²) in [6.07, 6.45) is 7.69. The third-order valence-electron chi connectivity index (χ3n) is 7.67. The minimum Gasteiger partial charge on any atom is -0.380 e. The average molecular weight is 419 g/mol. The van der Waals surface area contributed by atoms with E-state index in [0.29, 0.717) is 24.8 Å². The van der Waals surface area contributed by atoms with Crippen LogP contribution in [-0.4, -0.2) is 53.3 Å². The second kappa shape index (κ2) is 7.33. The van der Waals surface area contributed by atoms with Crippen molar-refractivity contribution in [2.45, 2.75) is 88.5 Å². The monoisotopic (exact) mass is 418 g/mol. The molecule has 2 aliphatic heterocycles. The van der Waals surface area contributed by atoms with Gasteiger partial charge in [-0.1, -0.05) is 6.92 Å². The third kappa shape index (κ3) is 3.67. The van der Waals surface area contributed by atoms with Crippen LogP contribution in [0.5, 0.6) is 0 Å². The Balaban J connectivity index is 1.15. The Kier molecular flexibility index (Phi) is 5.05. The lowest BCUT2D eigenvalue weighted by molar-refractivity contribution is -0.133. The smallest absolute Gasteiger partial charge is 0.252 e. The summed E-state index contributed by atoms with van der Waals surface area (Å²) in [6.45, 7) is 7.66. The van der Waals surface area contributed by atoms with Crippen molar-refractivity contribution >= 4 is 17.2 Å². The minimum absolute atomic E-state index is 0.0662. The van der Waals surface area contributed by atoms with Gasteiger partial charge in [-0.2, -0.15) is 0 Å². The zero-order valence-corrected chi connectivity index (χ0v) is 18.5. The number of carbonyl (C=O) groups excluding carboxylic acids is 1. The number of nitrogens with one attached hydrogen (secondary N) is 1. The molecule has 4 aliphatic rings. The topological polar surface area (TPSA) is 61.8 Å². The molecule has 0 bridgehead atoms. The zero-order chi connectivity index (χ0) is 20.2. The lowest BCUT2D eigenvalue weighted by atomic mass is 9.76. The Morgan fingerprint density at radius 2 is 2.17 bits per heavy atom. The molecule has 0 unspecified atom stereocenters. The van der Waals surface area contributed by atoms with Gasteiger partial charge in [-0.25, -0.2) is 0 Å². The first-order valence-electron chi connectivity index (χ1n) is 11.4. The van der Waals surface area contributed by atoms with Gasteiger partial charge in [0.05, 0.1) is 12.2 Å². The van der Waals surface area contributed by atoms with E-state index in [0.717, 1.165) is 58.2 Å². The molecule has 5 nitrogen and oxygen atoms in total. The van der Waals surface area contributed by atoms with Gasteiger partial charge in [0.2, 0.25) is 0 Å². The summed E-state index contributed by atoms with van der Waals surface area (Å²) in [5.74, 6) is 0.503. The number of likely N-dealkylation sites (tertiary alicyclic amines) is 1. The second-order valence-corrected chi connectivity index (χ2v) is 11.1. The van der Waals surface area contributed by atoms with Crippen molar-refractivity contribution in [3.8, 4) is 0 Å². The zero-order valence-electron chi connectivity index (χ0n) is 17.7. The van der Waals surface area contributed by atoms with E-state index in [1.165, 1.54) is 10.4 Å². The van der Waals surface area contributed by atoms with E-state index < -0.39 is 5.60 Å². The van der Waals surface area contributed by atoms with Gasteiger partial charge in [-0.3, -0.25) is 4.79 Å². The van der Waals surface area contributed by atoms with E-state index in [4.69, 9.17) is 4.74 Å². The van der Waals surface area contributed by atoms with Crippen LogP contribution in [-0.2, 0) is 28.0 Å². The van der Waals surface area contributed by atoms with Gasteiger partial charge in [-0.05, 0) is 69.4 Å². The van der Waals surface area contributed by atoms with Gasteiger partial charge < -0.3 is 20.1 Å². The van der Waals surface area contributed by atoms with Crippen molar-refractivity contribution in [3.63, 3.8) is 0 Å². The van der Waals surface area contributed by atoms with Crippen molar-refractivity contribution < 1.29 is 14.6 Å². The molecule has 1 aromatic rings. The maximum atomic E-state index is 12.0. The molecular weight excluding hydrogens is 384 g/mol. The number of fused-ring (bicyclic) bond motifs is 2. The Morgan fingerprint density at radius 1 is 1.38 bits per heavy atom. The maximum absolute atomic E-state index is 12.0. The number of rotatable bonds is 5. The highest BCUT2D eigenvalue weighted by molar-refractivity contribution is 7.12. The molecule has 0 radical (unpaired) electrons. The number of amides is 1. The Bertz CT molecular complexity index is 783. The van der Waals surface area contributed by atoms with Gasteiger partial charge in [-0.15, -0.1) is 11.3 Å². The van der Waals surface area contributed by atoms with Gasteiger partial charge in [0.25, 0.3) is 5.91 Å². The first-order valence-corrected chi connectivity index (χ1v) is 12.3. The summed E-state index contributed by atoms with van der Waals surface area (Å²) in [7, 11) is 0. The molecular formula is C23H34N2O3S. The van der Waals surface area contributed by atoms with E-state index >= 15 is 0 Å².